The van der Waals surface area contributed by atoms with Crippen molar-refractivity contribution >= 4 is 38.5 Å². The number of carbonyl (C=O) groups is 1. The Balaban J connectivity index is 1.15. The van der Waals surface area contributed by atoms with Gasteiger partial charge in [-0.05, 0) is 74.9 Å². The Hall–Kier alpha value is -3.76. The number of para-hydroxylation sites is 1. The lowest BCUT2D eigenvalue weighted by Gasteiger charge is -2.24. The highest BCUT2D eigenvalue weighted by Crippen LogP contribution is 2.26. The van der Waals surface area contributed by atoms with Gasteiger partial charge in [0.05, 0.1) is 10.2 Å². The number of ether oxygens (including phenoxy) is 1. The Morgan fingerprint density at radius 3 is 2.83 bits per heavy atom. The predicted molar refractivity (Wildman–Crippen MR) is 159 cm³/mol. The molecule has 1 atom stereocenters. The number of benzene rings is 1. The van der Waals surface area contributed by atoms with Crippen molar-refractivity contribution in [2.24, 2.45) is 0 Å². The minimum Gasteiger partial charge on any atom is -0.480 e. The second kappa shape index (κ2) is 14.0. The first-order valence-corrected chi connectivity index (χ1v) is 14.8. The van der Waals surface area contributed by atoms with E-state index >= 15 is 0 Å². The van der Waals surface area contributed by atoms with E-state index in [2.05, 4.69) is 37.6 Å². The number of fused-ring (bicyclic) bond motifs is 2. The zero-order valence-electron chi connectivity index (χ0n) is 22.6. The number of aliphatic carboxylic acids is 1. The predicted octanol–water partition coefficient (Wildman–Crippen LogP) is 5.10. The first kappa shape index (κ1) is 27.8. The molecule has 0 saturated carbocycles. The molecule has 1 aromatic carbocycles. The summed E-state index contributed by atoms with van der Waals surface area (Å²) in [6.45, 7) is 3.64. The van der Waals surface area contributed by atoms with Crippen LogP contribution in [0.15, 0.2) is 60.8 Å². The molecule has 210 valence electrons. The second-order valence-corrected chi connectivity index (χ2v) is 11.0. The third-order valence-electron chi connectivity index (χ3n) is 7.03. The van der Waals surface area contributed by atoms with Gasteiger partial charge in [-0.1, -0.05) is 35.6 Å². The molecular formula is C30H36N6O3S. The number of pyridine rings is 2. The number of aromatic nitrogens is 3. The first-order valence-electron chi connectivity index (χ1n) is 14.0. The highest BCUT2D eigenvalue weighted by Gasteiger charge is 2.20. The Morgan fingerprint density at radius 2 is 1.98 bits per heavy atom. The van der Waals surface area contributed by atoms with E-state index < -0.39 is 12.0 Å². The smallest absolute Gasteiger partial charge is 0.326 e. The number of carboxylic acid groups (broad SMARTS) is 1. The number of hydrogen-bond donors (Lipinski definition) is 3. The summed E-state index contributed by atoms with van der Waals surface area (Å²) in [4.78, 5) is 28.0. The molecular weight excluding hydrogens is 524 g/mol. The lowest BCUT2D eigenvalue weighted by atomic mass is 10.1. The topological polar surface area (TPSA) is 112 Å². The highest BCUT2D eigenvalue weighted by molar-refractivity contribution is 7.22. The van der Waals surface area contributed by atoms with Crippen LogP contribution in [0.25, 0.3) is 10.2 Å². The van der Waals surface area contributed by atoms with Crippen molar-refractivity contribution < 1.29 is 14.6 Å². The van der Waals surface area contributed by atoms with Crippen molar-refractivity contribution in [1.82, 2.24) is 19.9 Å². The molecule has 10 heteroatoms. The Bertz CT molecular complexity index is 1350. The fourth-order valence-corrected chi connectivity index (χ4v) is 5.77. The van der Waals surface area contributed by atoms with Crippen LogP contribution in [0.4, 0.5) is 10.9 Å². The van der Waals surface area contributed by atoms with Crippen LogP contribution in [-0.2, 0) is 17.6 Å². The van der Waals surface area contributed by atoms with Gasteiger partial charge >= 0.3 is 5.97 Å². The maximum atomic E-state index is 12.1. The molecule has 1 aliphatic heterocycles. The van der Waals surface area contributed by atoms with Gasteiger partial charge in [-0.2, -0.15) is 0 Å². The molecule has 0 bridgehead atoms. The van der Waals surface area contributed by atoms with E-state index in [0.29, 0.717) is 37.1 Å². The number of rotatable bonds is 15. The van der Waals surface area contributed by atoms with Crippen LogP contribution >= 0.6 is 11.3 Å². The molecule has 0 radical (unpaired) electrons. The van der Waals surface area contributed by atoms with E-state index in [9.17, 15) is 9.90 Å². The molecule has 3 N–H and O–H groups in total. The number of anilines is 2. The van der Waals surface area contributed by atoms with Gasteiger partial charge in [0.2, 0.25) is 5.88 Å². The minimum absolute atomic E-state index is 0.451. The monoisotopic (exact) mass is 560 g/mol. The third-order valence-corrected chi connectivity index (χ3v) is 8.00. The van der Waals surface area contributed by atoms with Crippen molar-refractivity contribution in [2.75, 3.05) is 43.4 Å². The zero-order chi connectivity index (χ0) is 27.6. The van der Waals surface area contributed by atoms with Gasteiger partial charge in [-0.15, -0.1) is 0 Å². The number of carboxylic acids is 1. The average Bonchev–Trinajstić information content (AvgIpc) is 3.40. The maximum absolute atomic E-state index is 12.1. The standard InChI is InChI=1S/C30H36N6O3S/c37-29(38)25(35-30-34-24-10-1-2-11-26(24)40-30)15-19-36(20-21-39-27-12-3-5-16-31-27)18-6-4-9-23-14-13-22-8-7-17-32-28(22)33-23/h1-3,5,10-14,16,25H,4,6-9,15,17-21H2,(H,32,33)(H,34,35)(H,37,38)/t25-/m0/s1. The fourth-order valence-electron chi connectivity index (χ4n) is 4.85. The molecule has 4 heterocycles. The molecule has 4 aromatic rings. The normalized spacial score (nSPS) is 13.5. The van der Waals surface area contributed by atoms with Gasteiger partial charge in [0.15, 0.2) is 5.13 Å². The summed E-state index contributed by atoms with van der Waals surface area (Å²) < 4.78 is 6.87. The lowest BCUT2D eigenvalue weighted by Crippen LogP contribution is -2.37. The van der Waals surface area contributed by atoms with Gasteiger partial charge in [-0.3, -0.25) is 4.90 Å². The maximum Gasteiger partial charge on any atom is 0.326 e. The summed E-state index contributed by atoms with van der Waals surface area (Å²) in [5, 5.41) is 17.1. The number of nitrogens with one attached hydrogen (secondary N) is 2. The molecule has 0 spiro atoms. The largest absolute Gasteiger partial charge is 0.480 e. The van der Waals surface area contributed by atoms with Crippen molar-refractivity contribution in [3.8, 4) is 5.88 Å². The molecule has 3 aromatic heterocycles. The van der Waals surface area contributed by atoms with E-state index in [4.69, 9.17) is 9.72 Å². The van der Waals surface area contributed by atoms with E-state index in [-0.39, 0.29) is 0 Å². The third kappa shape index (κ3) is 7.89. The van der Waals surface area contributed by atoms with Crippen molar-refractivity contribution in [3.63, 3.8) is 0 Å². The van der Waals surface area contributed by atoms with Crippen LogP contribution in [0.5, 0.6) is 5.88 Å². The number of aryl methyl sites for hydroxylation is 2. The average molecular weight is 561 g/mol. The van der Waals surface area contributed by atoms with Crippen LogP contribution in [-0.4, -0.2) is 69.8 Å². The minimum atomic E-state index is -0.879. The van der Waals surface area contributed by atoms with Crippen LogP contribution in [0, 0.1) is 0 Å². The molecule has 0 unspecified atom stereocenters. The molecule has 0 saturated heterocycles. The van der Waals surface area contributed by atoms with E-state index in [1.165, 1.54) is 16.9 Å². The summed E-state index contributed by atoms with van der Waals surface area (Å²) in [5.74, 6) is 0.754. The summed E-state index contributed by atoms with van der Waals surface area (Å²) >= 11 is 1.48. The Labute approximate surface area is 238 Å². The van der Waals surface area contributed by atoms with E-state index in [1.54, 1.807) is 6.20 Å². The van der Waals surface area contributed by atoms with Crippen LogP contribution in [0.1, 0.15) is 36.9 Å². The van der Waals surface area contributed by atoms with Crippen molar-refractivity contribution in [1.29, 1.82) is 0 Å². The SMILES string of the molecule is O=C(O)[C@H](CCN(CCCCc1ccc2c(n1)NCCC2)CCOc1ccccn1)Nc1nc2ccccc2s1. The first-order chi connectivity index (χ1) is 19.6. The number of thiazole rings is 1. The van der Waals surface area contributed by atoms with Gasteiger partial charge in [0.25, 0.3) is 0 Å². The van der Waals surface area contributed by atoms with Crippen LogP contribution < -0.4 is 15.4 Å². The molecule has 0 amide bonds. The zero-order valence-corrected chi connectivity index (χ0v) is 23.4. The van der Waals surface area contributed by atoms with Crippen LogP contribution in [0.2, 0.25) is 0 Å². The van der Waals surface area contributed by atoms with Crippen molar-refractivity contribution in [2.45, 2.75) is 44.6 Å². The molecule has 0 aliphatic carbocycles. The molecule has 9 nitrogen and oxygen atoms in total. The highest BCUT2D eigenvalue weighted by atomic mass is 32.1. The van der Waals surface area contributed by atoms with Crippen LogP contribution in [0.3, 0.4) is 0 Å². The van der Waals surface area contributed by atoms with Gasteiger partial charge in [0, 0.05) is 37.6 Å². The van der Waals surface area contributed by atoms with Gasteiger partial charge in [-0.25, -0.2) is 19.7 Å². The Kier molecular flexibility index (Phi) is 9.76. The van der Waals surface area contributed by atoms with Gasteiger partial charge in [0.1, 0.15) is 18.5 Å². The summed E-state index contributed by atoms with van der Waals surface area (Å²) in [7, 11) is 0. The number of nitrogens with zero attached hydrogens (tertiary/aromatic N) is 4. The molecule has 0 fully saturated rings. The van der Waals surface area contributed by atoms with Gasteiger partial charge < -0.3 is 20.5 Å². The van der Waals surface area contributed by atoms with E-state index in [0.717, 1.165) is 66.9 Å². The molecule has 5 rings (SSSR count). The molecule has 1 aliphatic rings. The number of unbranched alkanes of at least 4 members (excludes halogenated alkanes) is 1. The Morgan fingerprint density at radius 1 is 1.07 bits per heavy atom. The number of hydrogen-bond acceptors (Lipinski definition) is 9. The summed E-state index contributed by atoms with van der Waals surface area (Å²) in [5.41, 5.74) is 3.29. The van der Waals surface area contributed by atoms with E-state index in [1.807, 2.05) is 42.5 Å². The quantitative estimate of drug-likeness (QED) is 0.171. The second-order valence-electron chi connectivity index (χ2n) is 9.97. The molecule has 40 heavy (non-hydrogen) atoms. The summed E-state index contributed by atoms with van der Waals surface area (Å²) in [6, 6.07) is 17.0. The summed E-state index contributed by atoms with van der Waals surface area (Å²) in [6.07, 6.45) is 7.33. The van der Waals surface area contributed by atoms with Crippen molar-refractivity contribution in [3.05, 3.63) is 72.1 Å². The fraction of sp³-hybridized carbons (Fsp3) is 0.400. The lowest BCUT2D eigenvalue weighted by molar-refractivity contribution is -0.138.